The maximum atomic E-state index is 6.14. The van der Waals surface area contributed by atoms with E-state index >= 15 is 0 Å². The van der Waals surface area contributed by atoms with Gasteiger partial charge in [-0.2, -0.15) is 0 Å². The first-order chi connectivity index (χ1) is 7.04. The van der Waals surface area contributed by atoms with Crippen LogP contribution >= 0.6 is 23.2 Å². The molecule has 0 aromatic heterocycles. The molecule has 1 aromatic rings. The van der Waals surface area contributed by atoms with Crippen LogP contribution in [0.5, 0.6) is 0 Å². The molecular formula is C11H16Cl2N2. The van der Waals surface area contributed by atoms with Gasteiger partial charge in [0.15, 0.2) is 0 Å². The van der Waals surface area contributed by atoms with Gasteiger partial charge in [0.05, 0.1) is 0 Å². The van der Waals surface area contributed by atoms with E-state index in [1.165, 1.54) is 0 Å². The number of likely N-dealkylation sites (N-methyl/N-ethyl adjacent to an activating group) is 2. The minimum Gasteiger partial charge on any atom is -0.312 e. The van der Waals surface area contributed by atoms with Crippen LogP contribution in [0.3, 0.4) is 0 Å². The van der Waals surface area contributed by atoms with Gasteiger partial charge in [0, 0.05) is 22.6 Å². The molecular weight excluding hydrogens is 231 g/mol. The van der Waals surface area contributed by atoms with Crippen LogP contribution in [0.25, 0.3) is 0 Å². The smallest absolute Gasteiger partial charge is 0.0462 e. The summed E-state index contributed by atoms with van der Waals surface area (Å²) in [7, 11) is 5.98. The molecule has 1 N–H and O–H groups in total. The van der Waals surface area contributed by atoms with Crippen molar-refractivity contribution in [2.75, 3.05) is 27.7 Å². The molecule has 0 amide bonds. The molecule has 84 valence electrons. The second-order valence-corrected chi connectivity index (χ2v) is 4.61. The van der Waals surface area contributed by atoms with Gasteiger partial charge < -0.3 is 10.2 Å². The number of hydrogen-bond acceptors (Lipinski definition) is 2. The highest BCUT2D eigenvalue weighted by Gasteiger charge is 2.13. The van der Waals surface area contributed by atoms with E-state index in [-0.39, 0.29) is 6.04 Å². The fraction of sp³-hybridized carbons (Fsp3) is 0.455. The summed E-state index contributed by atoms with van der Waals surface area (Å²) >= 11 is 12.1. The Morgan fingerprint density at radius 3 is 2.53 bits per heavy atom. The van der Waals surface area contributed by atoms with Gasteiger partial charge in [-0.05, 0) is 44.9 Å². The SMILES string of the molecule is CNC(CN(C)C)c1cc(Cl)ccc1Cl. The quantitative estimate of drug-likeness (QED) is 0.880. The Kier molecular flexibility index (Phi) is 4.87. The Morgan fingerprint density at radius 2 is 2.00 bits per heavy atom. The lowest BCUT2D eigenvalue weighted by atomic mass is 10.1. The first-order valence-corrected chi connectivity index (χ1v) is 5.57. The molecule has 1 aromatic carbocycles. The molecule has 0 saturated carbocycles. The molecule has 0 heterocycles. The largest absolute Gasteiger partial charge is 0.312 e. The lowest BCUT2D eigenvalue weighted by Crippen LogP contribution is -2.29. The van der Waals surface area contributed by atoms with Crippen molar-refractivity contribution in [1.29, 1.82) is 0 Å². The molecule has 0 saturated heterocycles. The number of hydrogen-bond donors (Lipinski definition) is 1. The molecule has 0 aliphatic heterocycles. The van der Waals surface area contributed by atoms with Gasteiger partial charge in [0.2, 0.25) is 0 Å². The summed E-state index contributed by atoms with van der Waals surface area (Å²) in [6.45, 7) is 0.885. The van der Waals surface area contributed by atoms with Crippen molar-refractivity contribution < 1.29 is 0 Å². The molecule has 1 rings (SSSR count). The molecule has 0 aliphatic rings. The van der Waals surface area contributed by atoms with Gasteiger partial charge >= 0.3 is 0 Å². The normalized spacial score (nSPS) is 13.2. The van der Waals surface area contributed by atoms with Crippen LogP contribution in [0.1, 0.15) is 11.6 Å². The maximum absolute atomic E-state index is 6.14. The van der Waals surface area contributed by atoms with Crippen LogP contribution in [-0.4, -0.2) is 32.6 Å². The number of rotatable bonds is 4. The molecule has 0 fully saturated rings. The van der Waals surface area contributed by atoms with E-state index in [0.29, 0.717) is 5.02 Å². The first kappa shape index (κ1) is 12.8. The second kappa shape index (κ2) is 5.71. The van der Waals surface area contributed by atoms with Crippen molar-refractivity contribution in [1.82, 2.24) is 10.2 Å². The lowest BCUT2D eigenvalue weighted by molar-refractivity contribution is 0.353. The monoisotopic (exact) mass is 246 g/mol. The van der Waals surface area contributed by atoms with Crippen LogP contribution in [0.2, 0.25) is 10.0 Å². The van der Waals surface area contributed by atoms with Crippen molar-refractivity contribution in [3.63, 3.8) is 0 Å². The highest BCUT2D eigenvalue weighted by atomic mass is 35.5. The number of benzene rings is 1. The molecule has 0 spiro atoms. The topological polar surface area (TPSA) is 15.3 Å². The summed E-state index contributed by atoms with van der Waals surface area (Å²) < 4.78 is 0. The van der Waals surface area contributed by atoms with Crippen LogP contribution in [0.4, 0.5) is 0 Å². The Labute approximate surface area is 101 Å². The highest BCUT2D eigenvalue weighted by molar-refractivity contribution is 6.33. The molecule has 2 nitrogen and oxygen atoms in total. The van der Waals surface area contributed by atoms with Crippen LogP contribution in [0.15, 0.2) is 18.2 Å². The molecule has 15 heavy (non-hydrogen) atoms. The van der Waals surface area contributed by atoms with Crippen molar-refractivity contribution in [3.05, 3.63) is 33.8 Å². The van der Waals surface area contributed by atoms with E-state index in [1.807, 2.05) is 33.3 Å². The van der Waals surface area contributed by atoms with Gasteiger partial charge in [0.25, 0.3) is 0 Å². The molecule has 0 radical (unpaired) electrons. The molecule has 1 unspecified atom stereocenters. The molecule has 4 heteroatoms. The fourth-order valence-corrected chi connectivity index (χ4v) is 1.92. The van der Waals surface area contributed by atoms with Crippen molar-refractivity contribution >= 4 is 23.2 Å². The van der Waals surface area contributed by atoms with Gasteiger partial charge in [0.1, 0.15) is 0 Å². The minimum absolute atomic E-state index is 0.200. The lowest BCUT2D eigenvalue weighted by Gasteiger charge is -2.22. The molecule has 0 aliphatic carbocycles. The Morgan fingerprint density at radius 1 is 1.33 bits per heavy atom. The average Bonchev–Trinajstić information content (AvgIpc) is 2.18. The first-order valence-electron chi connectivity index (χ1n) is 4.81. The van der Waals surface area contributed by atoms with E-state index in [4.69, 9.17) is 23.2 Å². The minimum atomic E-state index is 0.200. The van der Waals surface area contributed by atoms with Crippen LogP contribution in [-0.2, 0) is 0 Å². The summed E-state index contributed by atoms with van der Waals surface area (Å²) in [4.78, 5) is 2.11. The van der Waals surface area contributed by atoms with Crippen LogP contribution in [0, 0.1) is 0 Å². The molecule has 1 atom stereocenters. The van der Waals surface area contributed by atoms with Gasteiger partial charge in [-0.25, -0.2) is 0 Å². The van der Waals surface area contributed by atoms with Gasteiger partial charge in [-0.3, -0.25) is 0 Å². The van der Waals surface area contributed by atoms with Gasteiger partial charge in [-0.1, -0.05) is 23.2 Å². The average molecular weight is 247 g/mol. The summed E-state index contributed by atoms with van der Waals surface area (Å²) in [5.74, 6) is 0. The Bertz CT molecular complexity index is 326. The third-order valence-corrected chi connectivity index (χ3v) is 2.81. The number of halogens is 2. The van der Waals surface area contributed by atoms with Crippen LogP contribution < -0.4 is 5.32 Å². The summed E-state index contributed by atoms with van der Waals surface area (Å²) in [6, 6.07) is 5.75. The zero-order chi connectivity index (χ0) is 11.4. The second-order valence-electron chi connectivity index (χ2n) is 3.77. The predicted molar refractivity (Wildman–Crippen MR) is 66.8 cm³/mol. The summed E-state index contributed by atoms with van der Waals surface area (Å²) in [5, 5.41) is 4.70. The van der Waals surface area contributed by atoms with E-state index in [0.717, 1.165) is 17.1 Å². The van der Waals surface area contributed by atoms with Gasteiger partial charge in [-0.15, -0.1) is 0 Å². The zero-order valence-electron chi connectivity index (χ0n) is 9.22. The van der Waals surface area contributed by atoms with E-state index < -0.39 is 0 Å². The summed E-state index contributed by atoms with van der Waals surface area (Å²) in [6.07, 6.45) is 0. The van der Waals surface area contributed by atoms with E-state index in [1.54, 1.807) is 6.07 Å². The maximum Gasteiger partial charge on any atom is 0.0462 e. The van der Waals surface area contributed by atoms with E-state index in [9.17, 15) is 0 Å². The fourth-order valence-electron chi connectivity index (χ4n) is 1.49. The highest BCUT2D eigenvalue weighted by Crippen LogP contribution is 2.26. The summed E-state index contributed by atoms with van der Waals surface area (Å²) in [5.41, 5.74) is 1.04. The Balaban J connectivity index is 2.95. The van der Waals surface area contributed by atoms with Crippen molar-refractivity contribution in [3.8, 4) is 0 Å². The van der Waals surface area contributed by atoms with E-state index in [2.05, 4.69) is 10.2 Å². The Hall–Kier alpha value is -0.280. The molecule has 0 bridgehead atoms. The predicted octanol–water partition coefficient (Wildman–Crippen LogP) is 2.82. The number of nitrogens with one attached hydrogen (secondary N) is 1. The third-order valence-electron chi connectivity index (χ3n) is 2.23. The standard InChI is InChI=1S/C11H16Cl2N2/c1-14-11(7-15(2)3)9-6-8(12)4-5-10(9)13/h4-6,11,14H,7H2,1-3H3. The van der Waals surface area contributed by atoms with Crippen molar-refractivity contribution in [2.24, 2.45) is 0 Å². The number of nitrogens with zero attached hydrogens (tertiary/aromatic N) is 1. The zero-order valence-corrected chi connectivity index (χ0v) is 10.7. The van der Waals surface area contributed by atoms with Crippen molar-refractivity contribution in [2.45, 2.75) is 6.04 Å². The third kappa shape index (κ3) is 3.65.